The summed E-state index contributed by atoms with van der Waals surface area (Å²) in [4.78, 5) is 14.3. The minimum Gasteiger partial charge on any atom is -0.364 e. The largest absolute Gasteiger partial charge is 0.364 e. The van der Waals surface area contributed by atoms with E-state index in [4.69, 9.17) is 0 Å². The van der Waals surface area contributed by atoms with Crippen LogP contribution in [-0.2, 0) is 11.2 Å². The summed E-state index contributed by atoms with van der Waals surface area (Å²) in [5, 5.41) is 0. The Morgan fingerprint density at radius 3 is 2.64 bits per heavy atom. The lowest BCUT2D eigenvalue weighted by Crippen LogP contribution is -2.36. The van der Waals surface area contributed by atoms with Crippen molar-refractivity contribution in [2.75, 3.05) is 11.4 Å². The van der Waals surface area contributed by atoms with Crippen LogP contribution in [0.5, 0.6) is 0 Å². The summed E-state index contributed by atoms with van der Waals surface area (Å²) in [7, 11) is 0. The molecule has 114 valence electrons. The van der Waals surface area contributed by atoms with Gasteiger partial charge in [0.15, 0.2) is 0 Å². The first-order chi connectivity index (χ1) is 10.7. The van der Waals surface area contributed by atoms with Crippen LogP contribution < -0.4 is 4.90 Å². The minimum absolute atomic E-state index is 0.0443. The SMILES string of the molecule is CCC(=O)CC1c2ccccc2CCN1c1ccc(F)cc1. The second kappa shape index (κ2) is 6.30. The third-order valence-corrected chi connectivity index (χ3v) is 4.39. The van der Waals surface area contributed by atoms with Crippen molar-refractivity contribution in [3.05, 3.63) is 65.5 Å². The predicted octanol–water partition coefficient (Wildman–Crippen LogP) is 4.30. The quantitative estimate of drug-likeness (QED) is 0.838. The maximum absolute atomic E-state index is 13.2. The van der Waals surface area contributed by atoms with Gasteiger partial charge in [-0.05, 0) is 41.8 Å². The van der Waals surface area contributed by atoms with Gasteiger partial charge in [-0.25, -0.2) is 4.39 Å². The van der Waals surface area contributed by atoms with Gasteiger partial charge in [-0.1, -0.05) is 31.2 Å². The molecule has 0 fully saturated rings. The lowest BCUT2D eigenvalue weighted by Gasteiger charge is -2.39. The number of nitrogens with zero attached hydrogens (tertiary/aromatic N) is 1. The fraction of sp³-hybridized carbons (Fsp3) is 0.316. The number of ketones is 1. The molecule has 2 nitrogen and oxygen atoms in total. The number of hydrogen-bond donors (Lipinski definition) is 0. The third-order valence-electron chi connectivity index (χ3n) is 4.39. The topological polar surface area (TPSA) is 20.3 Å². The number of fused-ring (bicyclic) bond motifs is 1. The molecule has 3 heteroatoms. The van der Waals surface area contributed by atoms with Crippen molar-refractivity contribution in [1.29, 1.82) is 0 Å². The summed E-state index contributed by atoms with van der Waals surface area (Å²) < 4.78 is 13.2. The molecule has 0 spiro atoms. The monoisotopic (exact) mass is 297 g/mol. The van der Waals surface area contributed by atoms with Crippen LogP contribution in [0, 0.1) is 5.82 Å². The van der Waals surface area contributed by atoms with Crippen LogP contribution >= 0.6 is 0 Å². The van der Waals surface area contributed by atoms with Crippen molar-refractivity contribution in [2.24, 2.45) is 0 Å². The van der Waals surface area contributed by atoms with E-state index in [1.54, 1.807) is 12.1 Å². The molecule has 2 aromatic carbocycles. The van der Waals surface area contributed by atoms with Crippen LogP contribution in [0.25, 0.3) is 0 Å². The van der Waals surface area contributed by atoms with Gasteiger partial charge < -0.3 is 4.90 Å². The van der Waals surface area contributed by atoms with Gasteiger partial charge in [-0.2, -0.15) is 0 Å². The van der Waals surface area contributed by atoms with Gasteiger partial charge in [0, 0.05) is 25.1 Å². The first-order valence-electron chi connectivity index (χ1n) is 7.80. The number of halogens is 1. The van der Waals surface area contributed by atoms with Crippen LogP contribution in [0.2, 0.25) is 0 Å². The van der Waals surface area contributed by atoms with E-state index in [1.807, 2.05) is 19.1 Å². The average molecular weight is 297 g/mol. The third kappa shape index (κ3) is 2.89. The van der Waals surface area contributed by atoms with Gasteiger partial charge in [0.2, 0.25) is 0 Å². The number of anilines is 1. The Hall–Kier alpha value is -2.16. The number of carbonyl (C=O) groups is 1. The lowest BCUT2D eigenvalue weighted by molar-refractivity contribution is -0.119. The van der Waals surface area contributed by atoms with Gasteiger partial charge in [0.05, 0.1) is 6.04 Å². The average Bonchev–Trinajstić information content (AvgIpc) is 2.56. The highest BCUT2D eigenvalue weighted by atomic mass is 19.1. The Labute approximate surface area is 130 Å². The smallest absolute Gasteiger partial charge is 0.135 e. The van der Waals surface area contributed by atoms with Crippen LogP contribution in [0.3, 0.4) is 0 Å². The molecule has 0 N–H and O–H groups in total. The molecule has 0 aromatic heterocycles. The van der Waals surface area contributed by atoms with E-state index >= 15 is 0 Å². The van der Waals surface area contributed by atoms with Crippen LogP contribution in [0.15, 0.2) is 48.5 Å². The zero-order chi connectivity index (χ0) is 15.5. The Balaban J connectivity index is 1.98. The molecule has 1 unspecified atom stereocenters. The van der Waals surface area contributed by atoms with E-state index < -0.39 is 0 Å². The molecule has 1 atom stereocenters. The Kier molecular flexibility index (Phi) is 4.23. The maximum Gasteiger partial charge on any atom is 0.135 e. The molecule has 2 aromatic rings. The fourth-order valence-electron chi connectivity index (χ4n) is 3.17. The first kappa shape index (κ1) is 14.8. The summed E-state index contributed by atoms with van der Waals surface area (Å²) in [5.41, 5.74) is 3.51. The standard InChI is InChI=1S/C19H20FNO/c1-2-17(22)13-19-18-6-4-3-5-14(18)11-12-21(19)16-9-7-15(20)8-10-16/h3-10,19H,2,11-13H2,1H3. The summed E-state index contributed by atoms with van der Waals surface area (Å²) in [6, 6.07) is 14.9. The van der Waals surface area contributed by atoms with E-state index in [0.717, 1.165) is 18.7 Å². The molecule has 0 bridgehead atoms. The number of hydrogen-bond acceptors (Lipinski definition) is 2. The van der Waals surface area contributed by atoms with Gasteiger partial charge >= 0.3 is 0 Å². The van der Waals surface area contributed by atoms with Crippen LogP contribution in [0.4, 0.5) is 10.1 Å². The van der Waals surface area contributed by atoms with Gasteiger partial charge in [-0.3, -0.25) is 4.79 Å². The van der Waals surface area contributed by atoms with Crippen molar-refractivity contribution >= 4 is 11.5 Å². The molecular formula is C19H20FNO. The number of Topliss-reactive ketones (excluding diaryl/α,β-unsaturated/α-hetero) is 1. The van der Waals surface area contributed by atoms with Crippen molar-refractivity contribution in [3.63, 3.8) is 0 Å². The number of rotatable bonds is 4. The van der Waals surface area contributed by atoms with E-state index in [-0.39, 0.29) is 17.6 Å². The molecule has 22 heavy (non-hydrogen) atoms. The fourth-order valence-corrected chi connectivity index (χ4v) is 3.17. The second-order valence-electron chi connectivity index (χ2n) is 5.73. The molecule has 0 saturated heterocycles. The summed E-state index contributed by atoms with van der Waals surface area (Å²) in [6.07, 6.45) is 2.01. The summed E-state index contributed by atoms with van der Waals surface area (Å²) in [6.45, 7) is 2.75. The second-order valence-corrected chi connectivity index (χ2v) is 5.73. The molecule has 0 radical (unpaired) electrons. The van der Waals surface area contributed by atoms with Crippen molar-refractivity contribution in [1.82, 2.24) is 0 Å². The summed E-state index contributed by atoms with van der Waals surface area (Å²) in [5.74, 6) is 0.0242. The Bertz CT molecular complexity index is 665. The first-order valence-corrected chi connectivity index (χ1v) is 7.80. The van der Waals surface area contributed by atoms with Crippen molar-refractivity contribution in [3.8, 4) is 0 Å². The minimum atomic E-state index is -0.234. The highest BCUT2D eigenvalue weighted by molar-refractivity contribution is 5.79. The van der Waals surface area contributed by atoms with Crippen molar-refractivity contribution < 1.29 is 9.18 Å². The molecule has 1 heterocycles. The van der Waals surface area contributed by atoms with E-state index in [1.165, 1.54) is 23.3 Å². The lowest BCUT2D eigenvalue weighted by atomic mass is 9.89. The van der Waals surface area contributed by atoms with E-state index in [0.29, 0.717) is 12.8 Å². The van der Waals surface area contributed by atoms with E-state index in [2.05, 4.69) is 17.0 Å². The molecular weight excluding hydrogens is 277 g/mol. The van der Waals surface area contributed by atoms with Gasteiger partial charge in [-0.15, -0.1) is 0 Å². The van der Waals surface area contributed by atoms with Gasteiger partial charge in [0.25, 0.3) is 0 Å². The molecule has 1 aliphatic heterocycles. The number of benzene rings is 2. The molecule has 3 rings (SSSR count). The van der Waals surface area contributed by atoms with Crippen molar-refractivity contribution in [2.45, 2.75) is 32.2 Å². The molecule has 0 saturated carbocycles. The maximum atomic E-state index is 13.2. The Morgan fingerprint density at radius 1 is 1.18 bits per heavy atom. The zero-order valence-electron chi connectivity index (χ0n) is 12.8. The number of carbonyl (C=O) groups excluding carboxylic acids is 1. The molecule has 0 amide bonds. The zero-order valence-corrected chi connectivity index (χ0v) is 12.8. The van der Waals surface area contributed by atoms with E-state index in [9.17, 15) is 9.18 Å². The normalized spacial score (nSPS) is 17.2. The Morgan fingerprint density at radius 2 is 1.91 bits per heavy atom. The van der Waals surface area contributed by atoms with Crippen LogP contribution in [0.1, 0.15) is 36.9 Å². The molecule has 1 aliphatic rings. The predicted molar refractivity (Wildman–Crippen MR) is 86.5 cm³/mol. The van der Waals surface area contributed by atoms with Gasteiger partial charge in [0.1, 0.15) is 11.6 Å². The van der Waals surface area contributed by atoms with Crippen LogP contribution in [-0.4, -0.2) is 12.3 Å². The highest BCUT2D eigenvalue weighted by Gasteiger charge is 2.28. The highest BCUT2D eigenvalue weighted by Crippen LogP contribution is 2.36. The summed E-state index contributed by atoms with van der Waals surface area (Å²) >= 11 is 0. The molecule has 0 aliphatic carbocycles.